The number of benzene rings is 1. The summed E-state index contributed by atoms with van der Waals surface area (Å²) in [6, 6.07) is 9.44. The second kappa shape index (κ2) is 9.11. The van der Waals surface area contributed by atoms with E-state index in [1.165, 1.54) is 7.11 Å². The molecule has 0 saturated heterocycles. The normalized spacial score (nSPS) is 12.6. The van der Waals surface area contributed by atoms with E-state index in [9.17, 15) is 9.59 Å². The van der Waals surface area contributed by atoms with Crippen LogP contribution in [0.2, 0.25) is 0 Å². The number of amides is 1. The molecule has 29 heavy (non-hydrogen) atoms. The molecule has 1 aromatic carbocycles. The van der Waals surface area contributed by atoms with Gasteiger partial charge in [-0.25, -0.2) is 14.6 Å². The van der Waals surface area contributed by atoms with Crippen molar-refractivity contribution in [3.8, 4) is 0 Å². The third kappa shape index (κ3) is 5.82. The summed E-state index contributed by atoms with van der Waals surface area (Å²) in [5.41, 5.74) is 1.38. The van der Waals surface area contributed by atoms with Crippen molar-refractivity contribution >= 4 is 12.1 Å². The van der Waals surface area contributed by atoms with Crippen LogP contribution in [0, 0.1) is 12.8 Å². The van der Waals surface area contributed by atoms with Crippen LogP contribution in [0.1, 0.15) is 68.2 Å². The molecule has 2 aromatic rings. The molecular formula is C22H31N3O4. The Labute approximate surface area is 172 Å². The van der Waals surface area contributed by atoms with Gasteiger partial charge in [0.05, 0.1) is 13.2 Å². The van der Waals surface area contributed by atoms with Crippen LogP contribution in [0.3, 0.4) is 0 Å². The van der Waals surface area contributed by atoms with Crippen molar-refractivity contribution in [2.45, 2.75) is 59.7 Å². The molecule has 0 saturated carbocycles. The fraction of sp³-hybridized carbons (Fsp3) is 0.500. The number of methoxy groups -OCH3 is 1. The molecule has 7 nitrogen and oxygen atoms in total. The quantitative estimate of drug-likeness (QED) is 0.732. The molecule has 1 heterocycles. The lowest BCUT2D eigenvalue weighted by Crippen LogP contribution is -2.38. The number of aromatic nitrogens is 2. The number of nitrogens with one attached hydrogen (secondary N) is 1. The van der Waals surface area contributed by atoms with E-state index in [0.29, 0.717) is 18.1 Å². The predicted octanol–water partition coefficient (Wildman–Crippen LogP) is 4.25. The largest absolute Gasteiger partial charge is 0.464 e. The lowest BCUT2D eigenvalue weighted by molar-refractivity contribution is 0.0485. The zero-order chi connectivity index (χ0) is 21.8. The third-order valence-corrected chi connectivity index (χ3v) is 4.43. The molecule has 2 rings (SSSR count). The number of rotatable bonds is 6. The number of alkyl carbamates (subject to hydrolysis) is 1. The summed E-state index contributed by atoms with van der Waals surface area (Å²) in [5, 5.41) is 2.92. The van der Waals surface area contributed by atoms with Crippen LogP contribution in [-0.2, 0) is 16.0 Å². The van der Waals surface area contributed by atoms with E-state index >= 15 is 0 Å². The minimum atomic E-state index is -0.613. The predicted molar refractivity (Wildman–Crippen MR) is 111 cm³/mol. The molecule has 1 unspecified atom stereocenters. The Morgan fingerprint density at radius 1 is 1.17 bits per heavy atom. The van der Waals surface area contributed by atoms with Crippen LogP contribution in [0.15, 0.2) is 30.3 Å². The van der Waals surface area contributed by atoms with Gasteiger partial charge in [-0.3, -0.25) is 0 Å². The average molecular weight is 402 g/mol. The standard InChI is InChI=1S/C22H31N3O4/c1-14(2)17(24-21(27)29-22(4,5)6)19-23-18(20(26)28-7)15(3)25(19)13-16-11-9-8-10-12-16/h8-12,14,17H,13H2,1-7H3,(H,24,27). The van der Waals surface area contributed by atoms with Crippen molar-refractivity contribution in [2.75, 3.05) is 7.11 Å². The SMILES string of the molecule is COC(=O)c1nc(C(NC(=O)OC(C)(C)C)C(C)C)n(Cc2ccccc2)c1C. The van der Waals surface area contributed by atoms with Crippen molar-refractivity contribution < 1.29 is 19.1 Å². The summed E-state index contributed by atoms with van der Waals surface area (Å²) in [7, 11) is 1.33. The Kier molecular flexibility index (Phi) is 7.06. The number of imidazole rings is 1. The van der Waals surface area contributed by atoms with E-state index < -0.39 is 23.7 Å². The minimum absolute atomic E-state index is 0.0179. The second-order valence-corrected chi connectivity index (χ2v) is 8.34. The smallest absolute Gasteiger partial charge is 0.408 e. The third-order valence-electron chi connectivity index (χ3n) is 4.43. The molecule has 0 spiro atoms. The Morgan fingerprint density at radius 2 is 1.79 bits per heavy atom. The summed E-state index contributed by atoms with van der Waals surface area (Å²) >= 11 is 0. The van der Waals surface area contributed by atoms with Gasteiger partial charge >= 0.3 is 12.1 Å². The molecule has 0 aliphatic heterocycles. The summed E-state index contributed by atoms with van der Waals surface area (Å²) in [6.07, 6.45) is -0.525. The van der Waals surface area contributed by atoms with Gasteiger partial charge in [-0.05, 0) is 39.2 Å². The second-order valence-electron chi connectivity index (χ2n) is 8.34. The summed E-state index contributed by atoms with van der Waals surface area (Å²) < 4.78 is 12.3. The topological polar surface area (TPSA) is 82.4 Å². The Bertz CT molecular complexity index is 851. The van der Waals surface area contributed by atoms with E-state index in [2.05, 4.69) is 10.3 Å². The van der Waals surface area contributed by atoms with Gasteiger partial charge in [-0.2, -0.15) is 0 Å². The van der Waals surface area contributed by atoms with Crippen LogP contribution in [-0.4, -0.2) is 34.3 Å². The molecule has 1 N–H and O–H groups in total. The van der Waals surface area contributed by atoms with Crippen LogP contribution in [0.25, 0.3) is 0 Å². The fourth-order valence-corrected chi connectivity index (χ4v) is 3.01. The lowest BCUT2D eigenvalue weighted by atomic mass is 10.0. The van der Waals surface area contributed by atoms with Crippen LogP contribution in [0.4, 0.5) is 4.79 Å². The van der Waals surface area contributed by atoms with Gasteiger partial charge in [0, 0.05) is 12.2 Å². The number of hydrogen-bond acceptors (Lipinski definition) is 5. The highest BCUT2D eigenvalue weighted by molar-refractivity contribution is 5.88. The number of ether oxygens (including phenoxy) is 2. The van der Waals surface area contributed by atoms with Gasteiger partial charge in [-0.1, -0.05) is 44.2 Å². The zero-order valence-corrected chi connectivity index (χ0v) is 18.3. The Morgan fingerprint density at radius 3 is 2.31 bits per heavy atom. The van der Waals surface area contributed by atoms with Gasteiger partial charge in [0.15, 0.2) is 5.69 Å². The molecule has 0 bridgehead atoms. The molecule has 7 heteroatoms. The molecule has 0 fully saturated rings. The molecular weight excluding hydrogens is 370 g/mol. The first kappa shape index (κ1) is 22.5. The maximum Gasteiger partial charge on any atom is 0.408 e. The van der Waals surface area contributed by atoms with E-state index in [0.717, 1.165) is 5.56 Å². The highest BCUT2D eigenvalue weighted by Gasteiger charge is 2.30. The summed E-state index contributed by atoms with van der Waals surface area (Å²) in [5.74, 6) is 0.104. The van der Waals surface area contributed by atoms with Crippen molar-refractivity contribution in [3.63, 3.8) is 0 Å². The minimum Gasteiger partial charge on any atom is -0.464 e. The molecule has 1 amide bonds. The van der Waals surface area contributed by atoms with Crippen LogP contribution in [0.5, 0.6) is 0 Å². The maximum atomic E-state index is 12.4. The number of hydrogen-bond donors (Lipinski definition) is 1. The molecule has 0 radical (unpaired) electrons. The maximum absolute atomic E-state index is 12.4. The monoisotopic (exact) mass is 401 g/mol. The highest BCUT2D eigenvalue weighted by atomic mass is 16.6. The van der Waals surface area contributed by atoms with Gasteiger partial charge < -0.3 is 19.4 Å². The summed E-state index contributed by atoms with van der Waals surface area (Å²) in [6.45, 7) is 11.8. The lowest BCUT2D eigenvalue weighted by Gasteiger charge is -2.26. The zero-order valence-electron chi connectivity index (χ0n) is 18.3. The van der Waals surface area contributed by atoms with Gasteiger partial charge in [-0.15, -0.1) is 0 Å². The van der Waals surface area contributed by atoms with Gasteiger partial charge in [0.25, 0.3) is 0 Å². The van der Waals surface area contributed by atoms with Gasteiger partial charge in [0.2, 0.25) is 0 Å². The molecule has 1 atom stereocenters. The Hall–Kier alpha value is -2.83. The number of carbonyl (C=O) groups is 2. The number of esters is 1. The first-order valence-electron chi connectivity index (χ1n) is 9.72. The summed E-state index contributed by atoms with van der Waals surface area (Å²) in [4.78, 5) is 29.2. The molecule has 0 aliphatic carbocycles. The van der Waals surface area contributed by atoms with E-state index in [1.54, 1.807) is 0 Å². The highest BCUT2D eigenvalue weighted by Crippen LogP contribution is 2.26. The fourth-order valence-electron chi connectivity index (χ4n) is 3.01. The van der Waals surface area contributed by atoms with E-state index in [4.69, 9.17) is 9.47 Å². The van der Waals surface area contributed by atoms with Crippen molar-refractivity contribution in [1.82, 2.24) is 14.9 Å². The average Bonchev–Trinajstić information content (AvgIpc) is 2.94. The first-order valence-corrected chi connectivity index (χ1v) is 9.72. The number of nitrogens with zero attached hydrogens (tertiary/aromatic N) is 2. The van der Waals surface area contributed by atoms with E-state index in [-0.39, 0.29) is 11.6 Å². The molecule has 1 aromatic heterocycles. The first-order chi connectivity index (χ1) is 13.5. The molecule has 0 aliphatic rings. The van der Waals surface area contributed by atoms with Crippen molar-refractivity contribution in [3.05, 3.63) is 53.1 Å². The van der Waals surface area contributed by atoms with Gasteiger partial charge in [0.1, 0.15) is 11.4 Å². The molecule has 158 valence electrons. The Balaban J connectivity index is 2.48. The van der Waals surface area contributed by atoms with Crippen molar-refractivity contribution in [1.29, 1.82) is 0 Å². The van der Waals surface area contributed by atoms with Crippen molar-refractivity contribution in [2.24, 2.45) is 5.92 Å². The van der Waals surface area contributed by atoms with Crippen LogP contribution >= 0.6 is 0 Å². The van der Waals surface area contributed by atoms with Crippen LogP contribution < -0.4 is 5.32 Å². The number of carbonyl (C=O) groups excluding carboxylic acids is 2. The van der Waals surface area contributed by atoms with E-state index in [1.807, 2.05) is 76.4 Å².